The molecule has 9 rings (SSSR count). The lowest BCUT2D eigenvalue weighted by molar-refractivity contribution is -0.304. The average Bonchev–Trinajstić information content (AvgIpc) is 1.33. The Balaban J connectivity index is 0.496. The van der Waals surface area contributed by atoms with Crippen LogP contribution in [0.25, 0.3) is 0 Å². The Bertz CT molecular complexity index is 2860. The van der Waals surface area contributed by atoms with Crippen LogP contribution in [0.15, 0.2) is 84.5 Å². The van der Waals surface area contributed by atoms with E-state index in [-0.39, 0.29) is 73.9 Å². The van der Waals surface area contributed by atoms with Crippen molar-refractivity contribution in [1.29, 1.82) is 0 Å². The van der Waals surface area contributed by atoms with Crippen molar-refractivity contribution >= 4 is 40.9 Å². The van der Waals surface area contributed by atoms with Crippen LogP contribution < -0.4 is 10.6 Å². The fourth-order valence-corrected chi connectivity index (χ4v) is 13.8. The van der Waals surface area contributed by atoms with E-state index >= 15 is 4.39 Å². The molecule has 0 radical (unpaired) electrons. The highest BCUT2D eigenvalue weighted by Crippen LogP contribution is 2.73. The number of aliphatic hydroxyl groups is 1. The Kier molecular flexibility index (Phi) is 28.7. The van der Waals surface area contributed by atoms with Gasteiger partial charge in [0.25, 0.3) is 11.8 Å². The van der Waals surface area contributed by atoms with Crippen LogP contribution in [0.2, 0.25) is 0 Å². The van der Waals surface area contributed by atoms with Gasteiger partial charge in [0.15, 0.2) is 23.5 Å². The molecule has 26 heteroatoms. The number of ketones is 2. The Morgan fingerprint density at radius 2 is 1.14 bits per heavy atom. The number of rotatable bonds is 48. The van der Waals surface area contributed by atoms with E-state index in [2.05, 4.69) is 10.6 Å². The molecule has 2 saturated heterocycles. The van der Waals surface area contributed by atoms with Crippen LogP contribution >= 0.6 is 0 Å². The minimum atomic E-state index is -1.44. The Hall–Kier alpha value is -5.63. The lowest BCUT2D eigenvalue weighted by atomic mass is 9.46. The maximum absolute atomic E-state index is 15.9. The number of nitrogens with zero attached hydrogens (tertiary/aromatic N) is 1. The molecule has 1 spiro atoms. The molecular formula is C68H92FN3O22. The number of alkyl halides is 1. The number of hydrogen-bond donors (Lipinski definition) is 3. The third-order valence-corrected chi connectivity index (χ3v) is 18.1. The SMILES string of the molecule is C[C@]12C[C@@H]3O[C@]45C=CC(=O)C=C4[C@@H](F)C[C@@H](C1C[C@H]1O[C@@H](c4ccc(Cc6cccc(NC(=O)CCOCCOCCOCCOCCOCCOCCOCCOCCOCCOCCOCCOCCNC(=O)CCN7C(=O)C=CC7=O)c6)cc4)O[C@]12C(=O)CO)C35. The van der Waals surface area contributed by atoms with Gasteiger partial charge in [0, 0.05) is 59.8 Å². The first kappa shape index (κ1) is 72.6. The summed E-state index contributed by atoms with van der Waals surface area (Å²) in [5.41, 5.74) is 0.660. The van der Waals surface area contributed by atoms with E-state index in [1.165, 1.54) is 24.3 Å². The van der Waals surface area contributed by atoms with E-state index in [4.69, 9.17) is 71.1 Å². The molecule has 2 unspecified atom stereocenters. The van der Waals surface area contributed by atoms with Crippen LogP contribution in [0.4, 0.5) is 10.1 Å². The summed E-state index contributed by atoms with van der Waals surface area (Å²) in [5.74, 6) is -2.19. The predicted molar refractivity (Wildman–Crippen MR) is 333 cm³/mol. The number of anilines is 1. The van der Waals surface area contributed by atoms with Gasteiger partial charge in [0.05, 0.1) is 177 Å². The number of benzene rings is 2. The molecule has 518 valence electrons. The number of imide groups is 1. The minimum Gasteiger partial charge on any atom is -0.388 e. The normalized spacial score (nSPS) is 26.2. The molecule has 7 aliphatic rings. The van der Waals surface area contributed by atoms with Crippen molar-refractivity contribution < 1.29 is 109 Å². The lowest BCUT2D eigenvalue weighted by Crippen LogP contribution is -2.73. The van der Waals surface area contributed by atoms with Crippen molar-refractivity contribution in [3.8, 4) is 0 Å². The first-order chi connectivity index (χ1) is 45.8. The number of allylic oxidation sites excluding steroid dienone is 2. The van der Waals surface area contributed by atoms with Gasteiger partial charge in [-0.25, -0.2) is 4.39 Å². The topological polar surface area (TPSA) is 288 Å². The first-order valence-electron chi connectivity index (χ1n) is 32.8. The number of aliphatic hydroxyl groups excluding tert-OH is 1. The second kappa shape index (κ2) is 37.2. The van der Waals surface area contributed by atoms with Gasteiger partial charge in [-0.3, -0.25) is 33.7 Å². The Labute approximate surface area is 547 Å². The van der Waals surface area contributed by atoms with E-state index in [0.717, 1.165) is 21.6 Å². The number of hydrogen-bond acceptors (Lipinski definition) is 22. The standard InChI is InChI=1S/C68H92FN3O22/c1-66-46-57-64-53(44-56(69)55-43-52(74)11-14-67(55,64)93-57)54(66)45-59-68(66,58(75)47-73)94-65(92-59)50-7-5-48(6-8-50)41-49-3-2-4-51(42-49)71-61(77)13-17-80-19-21-82-23-25-84-27-29-86-31-33-88-35-37-90-39-40-91-38-36-89-34-32-87-30-28-85-26-24-83-22-20-81-18-15-70-60(76)12-16-72-62(78)9-10-63(72)79/h2-11,14,42-43,53-54,56-57,59,64-65,73H,12-13,15-41,44-47H2,1H3,(H,70,76)(H,71,77)/t53-,54?,56-,57-,59+,64?,65+,66-,67+,68+/m0/s1. The van der Waals surface area contributed by atoms with Gasteiger partial charge in [-0.05, 0) is 79.0 Å². The average molecular weight is 1320 g/mol. The van der Waals surface area contributed by atoms with Gasteiger partial charge in [0.1, 0.15) is 18.4 Å². The predicted octanol–water partition coefficient (Wildman–Crippen LogP) is 3.56. The Morgan fingerprint density at radius 1 is 0.617 bits per heavy atom. The molecule has 3 N–H and O–H groups in total. The summed E-state index contributed by atoms with van der Waals surface area (Å²) >= 11 is 0. The van der Waals surface area contributed by atoms with E-state index in [0.29, 0.717) is 189 Å². The van der Waals surface area contributed by atoms with Crippen molar-refractivity contribution in [2.24, 2.45) is 23.2 Å². The zero-order valence-electron chi connectivity index (χ0n) is 53.7. The molecule has 2 aromatic carbocycles. The van der Waals surface area contributed by atoms with E-state index in [1.54, 1.807) is 6.08 Å². The fourth-order valence-electron chi connectivity index (χ4n) is 13.8. The molecule has 3 saturated carbocycles. The molecule has 94 heavy (non-hydrogen) atoms. The summed E-state index contributed by atoms with van der Waals surface area (Å²) < 4.78 is 102. The first-order valence-corrected chi connectivity index (χ1v) is 32.8. The largest absolute Gasteiger partial charge is 0.388 e. The zero-order valence-corrected chi connectivity index (χ0v) is 53.7. The molecule has 3 aliphatic heterocycles. The summed E-state index contributed by atoms with van der Waals surface area (Å²) in [6, 6.07) is 15.5. The quantitative estimate of drug-likeness (QED) is 0.0631. The monoisotopic (exact) mass is 1320 g/mol. The maximum Gasteiger partial charge on any atom is 0.253 e. The van der Waals surface area contributed by atoms with Crippen LogP contribution in [-0.2, 0) is 106 Å². The zero-order chi connectivity index (χ0) is 66.0. The van der Waals surface area contributed by atoms with Crippen molar-refractivity contribution in [3.05, 3.63) is 101 Å². The van der Waals surface area contributed by atoms with Crippen molar-refractivity contribution in [2.75, 3.05) is 184 Å². The van der Waals surface area contributed by atoms with Crippen molar-refractivity contribution in [1.82, 2.24) is 10.2 Å². The molecule has 0 bridgehead atoms. The van der Waals surface area contributed by atoms with Crippen LogP contribution in [0.3, 0.4) is 0 Å². The number of fused-ring (bicyclic) bond motifs is 4. The highest BCUT2D eigenvalue weighted by atomic mass is 19.1. The highest BCUT2D eigenvalue weighted by molar-refractivity contribution is 6.13. The highest BCUT2D eigenvalue weighted by Gasteiger charge is 2.79. The molecule has 0 aromatic heterocycles. The molecule has 2 aromatic rings. The number of ether oxygens (including phenoxy) is 15. The molecule has 4 aliphatic carbocycles. The van der Waals surface area contributed by atoms with Crippen LogP contribution in [-0.4, -0.2) is 253 Å². The molecule has 10 atom stereocenters. The number of Topliss-reactive ketones (excluding diaryl/α,β-unsaturated/α-hetero) is 1. The number of halogens is 1. The van der Waals surface area contributed by atoms with E-state index in [9.17, 15) is 33.9 Å². The summed E-state index contributed by atoms with van der Waals surface area (Å²) in [6.45, 7) is 11.5. The molecule has 4 amide bonds. The summed E-state index contributed by atoms with van der Waals surface area (Å²) in [4.78, 5) is 74.9. The Morgan fingerprint density at radius 3 is 1.67 bits per heavy atom. The summed E-state index contributed by atoms with van der Waals surface area (Å²) in [5, 5.41) is 16.0. The second-order valence-corrected chi connectivity index (χ2v) is 24.1. The smallest absolute Gasteiger partial charge is 0.253 e. The second-order valence-electron chi connectivity index (χ2n) is 24.1. The number of nitrogens with one attached hydrogen (secondary N) is 2. The van der Waals surface area contributed by atoms with Gasteiger partial charge < -0.3 is 86.8 Å². The van der Waals surface area contributed by atoms with E-state index < -0.39 is 59.4 Å². The molecule has 5 fully saturated rings. The molecular weight excluding hydrogens is 1230 g/mol. The third-order valence-electron chi connectivity index (χ3n) is 18.1. The van der Waals surface area contributed by atoms with Crippen molar-refractivity contribution in [2.45, 2.75) is 81.3 Å². The molecule has 3 heterocycles. The van der Waals surface area contributed by atoms with Crippen LogP contribution in [0.5, 0.6) is 0 Å². The van der Waals surface area contributed by atoms with Gasteiger partial charge in [-0.15, -0.1) is 0 Å². The third kappa shape index (κ3) is 19.3. The van der Waals surface area contributed by atoms with Crippen LogP contribution in [0.1, 0.15) is 62.0 Å². The lowest BCUT2D eigenvalue weighted by Gasteiger charge is -2.68. The number of carbonyl (C=O) groups excluding carboxylic acids is 6. The summed E-state index contributed by atoms with van der Waals surface area (Å²) in [6.07, 6.45) is 5.89. The molecule has 25 nitrogen and oxygen atoms in total. The maximum atomic E-state index is 15.9. The summed E-state index contributed by atoms with van der Waals surface area (Å²) in [7, 11) is 0. The fraction of sp³-hybridized carbons (Fsp3) is 0.647. The number of amides is 4. The van der Waals surface area contributed by atoms with Gasteiger partial charge >= 0.3 is 0 Å². The van der Waals surface area contributed by atoms with E-state index in [1.807, 2.05) is 55.5 Å². The number of carbonyl (C=O) groups is 6. The van der Waals surface area contributed by atoms with Gasteiger partial charge in [0.2, 0.25) is 11.8 Å². The van der Waals surface area contributed by atoms with Gasteiger partial charge in [-0.1, -0.05) is 43.3 Å². The van der Waals surface area contributed by atoms with Crippen molar-refractivity contribution in [3.63, 3.8) is 0 Å². The van der Waals surface area contributed by atoms with Gasteiger partial charge in [-0.2, -0.15) is 0 Å². The van der Waals surface area contributed by atoms with Crippen LogP contribution in [0, 0.1) is 23.2 Å². The minimum absolute atomic E-state index is 0.0197.